The summed E-state index contributed by atoms with van der Waals surface area (Å²) in [6.07, 6.45) is 5.42. The molecule has 19 heavy (non-hydrogen) atoms. The molecule has 6 nitrogen and oxygen atoms in total. The Bertz CT molecular complexity index is 539. The molecule has 0 spiro atoms. The predicted molar refractivity (Wildman–Crippen MR) is 76.7 cm³/mol. The fraction of sp³-hybridized carbons (Fsp3) is 0.417. The standard InChI is InChI=1S/C12H17ClN6/c1-3-14-12-16-7-10(13)11(18-12)15-4-5-19-8-9(2)6-17-19/h6-8H,3-5H2,1-2H3,(H2,14,15,16,18). The summed E-state index contributed by atoms with van der Waals surface area (Å²) in [5.41, 5.74) is 1.15. The molecule has 0 amide bonds. The van der Waals surface area contributed by atoms with E-state index >= 15 is 0 Å². The summed E-state index contributed by atoms with van der Waals surface area (Å²) in [7, 11) is 0. The second kappa shape index (κ2) is 6.38. The van der Waals surface area contributed by atoms with E-state index < -0.39 is 0 Å². The van der Waals surface area contributed by atoms with E-state index in [1.54, 1.807) is 6.20 Å². The third-order valence-electron chi connectivity index (χ3n) is 2.47. The summed E-state index contributed by atoms with van der Waals surface area (Å²) in [6.45, 7) is 6.23. The Balaban J connectivity index is 1.93. The predicted octanol–water partition coefficient (Wildman–Crippen LogP) is 2.18. The van der Waals surface area contributed by atoms with Crippen molar-refractivity contribution in [2.24, 2.45) is 0 Å². The minimum Gasteiger partial charge on any atom is -0.367 e. The second-order valence-electron chi connectivity index (χ2n) is 4.13. The lowest BCUT2D eigenvalue weighted by Crippen LogP contribution is -2.13. The average Bonchev–Trinajstić information content (AvgIpc) is 2.79. The number of rotatable bonds is 6. The molecule has 0 aliphatic heterocycles. The van der Waals surface area contributed by atoms with E-state index in [2.05, 4.69) is 25.7 Å². The zero-order valence-corrected chi connectivity index (χ0v) is 11.8. The lowest BCUT2D eigenvalue weighted by atomic mass is 10.4. The molecule has 0 radical (unpaired) electrons. The summed E-state index contributed by atoms with van der Waals surface area (Å²) >= 11 is 6.04. The Kier molecular flexibility index (Phi) is 4.57. The molecule has 0 bridgehead atoms. The first kappa shape index (κ1) is 13.6. The Morgan fingerprint density at radius 3 is 2.84 bits per heavy atom. The lowest BCUT2D eigenvalue weighted by molar-refractivity contribution is 0.636. The Morgan fingerprint density at radius 2 is 2.16 bits per heavy atom. The fourth-order valence-corrected chi connectivity index (χ4v) is 1.77. The molecule has 0 aromatic carbocycles. The maximum Gasteiger partial charge on any atom is 0.224 e. The van der Waals surface area contributed by atoms with E-state index in [1.165, 1.54) is 0 Å². The first-order valence-electron chi connectivity index (χ1n) is 6.18. The Morgan fingerprint density at radius 1 is 1.32 bits per heavy atom. The van der Waals surface area contributed by atoms with Crippen molar-refractivity contribution in [2.75, 3.05) is 23.7 Å². The monoisotopic (exact) mass is 280 g/mol. The molecule has 0 saturated carbocycles. The maximum absolute atomic E-state index is 6.04. The van der Waals surface area contributed by atoms with Crippen LogP contribution in [0.5, 0.6) is 0 Å². The first-order valence-corrected chi connectivity index (χ1v) is 6.56. The third kappa shape index (κ3) is 3.82. The first-order chi connectivity index (χ1) is 9.19. The van der Waals surface area contributed by atoms with Gasteiger partial charge in [0.05, 0.1) is 18.9 Å². The molecule has 0 atom stereocenters. The van der Waals surface area contributed by atoms with Crippen LogP contribution in [-0.4, -0.2) is 32.8 Å². The van der Waals surface area contributed by atoms with Gasteiger partial charge in [-0.2, -0.15) is 10.1 Å². The zero-order valence-electron chi connectivity index (χ0n) is 11.0. The Labute approximate surface area is 117 Å². The van der Waals surface area contributed by atoms with E-state index in [0.717, 1.165) is 18.7 Å². The smallest absolute Gasteiger partial charge is 0.224 e. The van der Waals surface area contributed by atoms with Crippen molar-refractivity contribution in [3.63, 3.8) is 0 Å². The van der Waals surface area contributed by atoms with Crippen molar-refractivity contribution in [3.8, 4) is 0 Å². The second-order valence-corrected chi connectivity index (χ2v) is 4.54. The summed E-state index contributed by atoms with van der Waals surface area (Å²) in [5, 5.41) is 11.0. The molecule has 2 aromatic heterocycles. The van der Waals surface area contributed by atoms with Crippen LogP contribution in [0.25, 0.3) is 0 Å². The van der Waals surface area contributed by atoms with Gasteiger partial charge in [0.2, 0.25) is 5.95 Å². The van der Waals surface area contributed by atoms with Crippen LogP contribution in [0.3, 0.4) is 0 Å². The fourth-order valence-electron chi connectivity index (χ4n) is 1.61. The minimum atomic E-state index is 0.512. The van der Waals surface area contributed by atoms with E-state index in [0.29, 0.717) is 23.3 Å². The molecule has 0 aliphatic rings. The van der Waals surface area contributed by atoms with Gasteiger partial charge in [-0.05, 0) is 19.4 Å². The van der Waals surface area contributed by atoms with Gasteiger partial charge in [0, 0.05) is 19.3 Å². The summed E-state index contributed by atoms with van der Waals surface area (Å²) in [5.74, 6) is 1.21. The van der Waals surface area contributed by atoms with Gasteiger partial charge in [0.15, 0.2) is 5.82 Å². The molecule has 2 rings (SSSR count). The van der Waals surface area contributed by atoms with Gasteiger partial charge in [-0.3, -0.25) is 4.68 Å². The number of aryl methyl sites for hydroxylation is 1. The van der Waals surface area contributed by atoms with Gasteiger partial charge in [-0.1, -0.05) is 11.6 Å². The molecule has 2 aromatic rings. The summed E-state index contributed by atoms with van der Waals surface area (Å²) in [4.78, 5) is 8.39. The highest BCUT2D eigenvalue weighted by atomic mass is 35.5. The largest absolute Gasteiger partial charge is 0.367 e. The number of hydrogen-bond donors (Lipinski definition) is 2. The van der Waals surface area contributed by atoms with Gasteiger partial charge >= 0.3 is 0 Å². The molecular formula is C12H17ClN6. The number of nitrogens with one attached hydrogen (secondary N) is 2. The van der Waals surface area contributed by atoms with E-state index in [4.69, 9.17) is 11.6 Å². The highest BCUT2D eigenvalue weighted by Gasteiger charge is 2.04. The van der Waals surface area contributed by atoms with Crippen molar-refractivity contribution in [3.05, 3.63) is 29.2 Å². The highest BCUT2D eigenvalue weighted by molar-refractivity contribution is 6.32. The lowest BCUT2D eigenvalue weighted by Gasteiger charge is -2.09. The molecule has 0 saturated heterocycles. The van der Waals surface area contributed by atoms with Crippen molar-refractivity contribution in [1.82, 2.24) is 19.7 Å². The highest BCUT2D eigenvalue weighted by Crippen LogP contribution is 2.18. The topological polar surface area (TPSA) is 67.7 Å². The van der Waals surface area contributed by atoms with Gasteiger partial charge in [-0.15, -0.1) is 0 Å². The van der Waals surface area contributed by atoms with Crippen LogP contribution in [0.2, 0.25) is 5.02 Å². The molecule has 7 heteroatoms. The van der Waals surface area contributed by atoms with Crippen LogP contribution in [0.4, 0.5) is 11.8 Å². The van der Waals surface area contributed by atoms with Crippen molar-refractivity contribution >= 4 is 23.4 Å². The number of nitrogens with zero attached hydrogens (tertiary/aromatic N) is 4. The summed E-state index contributed by atoms with van der Waals surface area (Å²) < 4.78 is 1.88. The average molecular weight is 281 g/mol. The summed E-state index contributed by atoms with van der Waals surface area (Å²) in [6, 6.07) is 0. The van der Waals surface area contributed by atoms with Gasteiger partial charge in [0.25, 0.3) is 0 Å². The van der Waals surface area contributed by atoms with Crippen LogP contribution in [0.15, 0.2) is 18.6 Å². The quantitative estimate of drug-likeness (QED) is 0.849. The number of hydrogen-bond acceptors (Lipinski definition) is 5. The van der Waals surface area contributed by atoms with Crippen molar-refractivity contribution in [1.29, 1.82) is 0 Å². The van der Waals surface area contributed by atoms with Gasteiger partial charge in [-0.25, -0.2) is 4.98 Å². The van der Waals surface area contributed by atoms with Crippen LogP contribution in [-0.2, 0) is 6.54 Å². The van der Waals surface area contributed by atoms with Crippen LogP contribution < -0.4 is 10.6 Å². The van der Waals surface area contributed by atoms with Gasteiger partial charge in [0.1, 0.15) is 5.02 Å². The maximum atomic E-state index is 6.04. The normalized spacial score (nSPS) is 10.5. The Hall–Kier alpha value is -1.82. The molecule has 0 unspecified atom stereocenters. The molecule has 102 valence electrons. The number of aromatic nitrogens is 4. The zero-order chi connectivity index (χ0) is 13.7. The number of halogens is 1. The molecule has 2 heterocycles. The van der Waals surface area contributed by atoms with E-state index in [9.17, 15) is 0 Å². The number of anilines is 2. The molecule has 2 N–H and O–H groups in total. The van der Waals surface area contributed by atoms with Crippen LogP contribution in [0, 0.1) is 6.92 Å². The molecule has 0 aliphatic carbocycles. The SMILES string of the molecule is CCNc1ncc(Cl)c(NCCn2cc(C)cn2)n1. The van der Waals surface area contributed by atoms with Crippen molar-refractivity contribution < 1.29 is 0 Å². The van der Waals surface area contributed by atoms with Gasteiger partial charge < -0.3 is 10.6 Å². The minimum absolute atomic E-state index is 0.512. The van der Waals surface area contributed by atoms with Crippen molar-refractivity contribution in [2.45, 2.75) is 20.4 Å². The van der Waals surface area contributed by atoms with E-state index in [-0.39, 0.29) is 0 Å². The molecule has 0 fully saturated rings. The third-order valence-corrected chi connectivity index (χ3v) is 2.75. The van der Waals surface area contributed by atoms with E-state index in [1.807, 2.05) is 30.9 Å². The van der Waals surface area contributed by atoms with Crippen LogP contribution >= 0.6 is 11.6 Å². The molecular weight excluding hydrogens is 264 g/mol. The van der Waals surface area contributed by atoms with Crippen LogP contribution in [0.1, 0.15) is 12.5 Å².